The molecule has 1 aliphatic rings. The van der Waals surface area contributed by atoms with Crippen molar-refractivity contribution in [3.8, 4) is 0 Å². The molecule has 4 rings (SSSR count). The number of ether oxygens (including phenoxy) is 1. The van der Waals surface area contributed by atoms with E-state index in [9.17, 15) is 4.79 Å². The molecule has 25 heavy (non-hydrogen) atoms. The number of benzene rings is 1. The third-order valence-corrected chi connectivity index (χ3v) is 4.57. The number of para-hydroxylation sites is 1. The molecule has 3 heterocycles. The maximum absolute atomic E-state index is 11.9. The van der Waals surface area contributed by atoms with E-state index in [1.54, 1.807) is 12.1 Å². The van der Waals surface area contributed by atoms with Crippen LogP contribution < -0.4 is 0 Å². The standard InChI is InChI=1S/C19H19N3O3/c1-24-19(23)15-6-4-7-16-17(15)25-18(21-16)13-8-10-22(11-13)12-14-5-2-3-9-20-14/h2-7,9,13H,8,10-12H2,1H3. The third-order valence-electron chi connectivity index (χ3n) is 4.57. The second-order valence-corrected chi connectivity index (χ2v) is 6.24. The molecule has 1 unspecified atom stereocenters. The lowest BCUT2D eigenvalue weighted by atomic mass is 10.1. The number of nitrogens with zero attached hydrogens (tertiary/aromatic N) is 3. The van der Waals surface area contributed by atoms with Crippen LogP contribution in [0, 0.1) is 0 Å². The highest BCUT2D eigenvalue weighted by molar-refractivity contribution is 6.00. The first-order valence-corrected chi connectivity index (χ1v) is 8.34. The van der Waals surface area contributed by atoms with E-state index < -0.39 is 5.97 Å². The number of pyridine rings is 1. The molecule has 0 bridgehead atoms. The minimum Gasteiger partial charge on any atom is -0.465 e. The van der Waals surface area contributed by atoms with Crippen molar-refractivity contribution in [2.75, 3.05) is 20.2 Å². The zero-order chi connectivity index (χ0) is 17.2. The lowest BCUT2D eigenvalue weighted by Gasteiger charge is -2.14. The van der Waals surface area contributed by atoms with Crippen molar-refractivity contribution in [1.29, 1.82) is 0 Å². The van der Waals surface area contributed by atoms with Gasteiger partial charge >= 0.3 is 5.97 Å². The van der Waals surface area contributed by atoms with E-state index in [4.69, 9.17) is 9.15 Å². The zero-order valence-electron chi connectivity index (χ0n) is 14.0. The first kappa shape index (κ1) is 15.8. The molecule has 2 aromatic heterocycles. The molecule has 0 spiro atoms. The number of esters is 1. The Kier molecular flexibility index (Phi) is 4.19. The van der Waals surface area contributed by atoms with Crippen molar-refractivity contribution >= 4 is 17.1 Å². The van der Waals surface area contributed by atoms with Crippen molar-refractivity contribution in [3.05, 3.63) is 59.7 Å². The zero-order valence-corrected chi connectivity index (χ0v) is 14.0. The fraction of sp³-hybridized carbons (Fsp3) is 0.316. The van der Waals surface area contributed by atoms with Crippen LogP contribution in [0.15, 0.2) is 47.0 Å². The minimum atomic E-state index is -0.406. The summed E-state index contributed by atoms with van der Waals surface area (Å²) in [6, 6.07) is 11.3. The Hall–Kier alpha value is -2.73. The van der Waals surface area contributed by atoms with Crippen molar-refractivity contribution in [2.24, 2.45) is 0 Å². The van der Waals surface area contributed by atoms with E-state index in [1.165, 1.54) is 7.11 Å². The largest absolute Gasteiger partial charge is 0.465 e. The monoisotopic (exact) mass is 337 g/mol. The van der Waals surface area contributed by atoms with Gasteiger partial charge < -0.3 is 9.15 Å². The van der Waals surface area contributed by atoms with Gasteiger partial charge in [-0.15, -0.1) is 0 Å². The van der Waals surface area contributed by atoms with Crippen LogP contribution in [0.25, 0.3) is 11.1 Å². The Morgan fingerprint density at radius 3 is 3.04 bits per heavy atom. The highest BCUT2D eigenvalue weighted by Gasteiger charge is 2.28. The Labute approximate surface area is 145 Å². The first-order chi connectivity index (χ1) is 12.2. The summed E-state index contributed by atoms with van der Waals surface area (Å²) in [6.07, 6.45) is 2.80. The maximum Gasteiger partial charge on any atom is 0.341 e. The smallest absolute Gasteiger partial charge is 0.341 e. The summed E-state index contributed by atoms with van der Waals surface area (Å²) in [5.41, 5.74) is 2.68. The minimum absolute atomic E-state index is 0.224. The van der Waals surface area contributed by atoms with Crippen LogP contribution in [0.4, 0.5) is 0 Å². The van der Waals surface area contributed by atoms with Crippen LogP contribution in [0.3, 0.4) is 0 Å². The molecule has 3 aromatic rings. The molecule has 1 atom stereocenters. The van der Waals surface area contributed by atoms with Gasteiger partial charge in [-0.25, -0.2) is 9.78 Å². The quantitative estimate of drug-likeness (QED) is 0.682. The molecule has 6 nitrogen and oxygen atoms in total. The predicted octanol–water partition coefficient (Wildman–Crippen LogP) is 3.00. The molecular formula is C19H19N3O3. The molecule has 128 valence electrons. The number of carbonyl (C=O) groups is 1. The molecule has 1 aliphatic heterocycles. The average Bonchev–Trinajstić information content (AvgIpc) is 3.28. The van der Waals surface area contributed by atoms with E-state index in [0.717, 1.165) is 31.7 Å². The summed E-state index contributed by atoms with van der Waals surface area (Å²) < 4.78 is 10.8. The Morgan fingerprint density at radius 2 is 2.24 bits per heavy atom. The number of hydrogen-bond acceptors (Lipinski definition) is 6. The average molecular weight is 337 g/mol. The van der Waals surface area contributed by atoms with Crippen LogP contribution in [0.5, 0.6) is 0 Å². The number of methoxy groups -OCH3 is 1. The molecule has 1 fully saturated rings. The topological polar surface area (TPSA) is 68.5 Å². The van der Waals surface area contributed by atoms with Gasteiger partial charge in [0.1, 0.15) is 11.1 Å². The SMILES string of the molecule is COC(=O)c1cccc2nc(C3CCN(Cc4ccccn4)C3)oc12. The van der Waals surface area contributed by atoms with Crippen LogP contribution in [-0.2, 0) is 11.3 Å². The molecule has 0 N–H and O–H groups in total. The van der Waals surface area contributed by atoms with E-state index in [-0.39, 0.29) is 5.92 Å². The number of oxazole rings is 1. The van der Waals surface area contributed by atoms with Gasteiger partial charge in [0.05, 0.1) is 12.8 Å². The predicted molar refractivity (Wildman–Crippen MR) is 92.2 cm³/mol. The van der Waals surface area contributed by atoms with Gasteiger partial charge in [0, 0.05) is 25.2 Å². The van der Waals surface area contributed by atoms with Crippen molar-refractivity contribution < 1.29 is 13.9 Å². The fourth-order valence-electron chi connectivity index (χ4n) is 3.31. The van der Waals surface area contributed by atoms with Gasteiger partial charge in [-0.3, -0.25) is 9.88 Å². The maximum atomic E-state index is 11.9. The van der Waals surface area contributed by atoms with E-state index in [1.807, 2.05) is 30.5 Å². The number of rotatable bonds is 4. The highest BCUT2D eigenvalue weighted by Crippen LogP contribution is 2.31. The van der Waals surface area contributed by atoms with Crippen LogP contribution in [0.2, 0.25) is 0 Å². The Morgan fingerprint density at radius 1 is 1.32 bits per heavy atom. The second kappa shape index (κ2) is 6.64. The second-order valence-electron chi connectivity index (χ2n) is 6.24. The molecule has 1 aromatic carbocycles. The number of aromatic nitrogens is 2. The van der Waals surface area contributed by atoms with Gasteiger partial charge in [-0.2, -0.15) is 0 Å². The van der Waals surface area contributed by atoms with Crippen molar-refractivity contribution in [3.63, 3.8) is 0 Å². The molecule has 0 amide bonds. The third kappa shape index (κ3) is 3.13. The lowest BCUT2D eigenvalue weighted by molar-refractivity contribution is 0.0601. The summed E-state index contributed by atoms with van der Waals surface area (Å²) in [5.74, 6) is 0.507. The molecule has 0 aliphatic carbocycles. The summed E-state index contributed by atoms with van der Waals surface area (Å²) >= 11 is 0. The van der Waals surface area contributed by atoms with Crippen molar-refractivity contribution in [1.82, 2.24) is 14.9 Å². The van der Waals surface area contributed by atoms with E-state index >= 15 is 0 Å². The summed E-state index contributed by atoms with van der Waals surface area (Å²) in [7, 11) is 1.37. The molecule has 6 heteroatoms. The van der Waals surface area contributed by atoms with Gasteiger partial charge in [-0.1, -0.05) is 12.1 Å². The lowest BCUT2D eigenvalue weighted by Crippen LogP contribution is -2.20. The Bertz CT molecular complexity index is 891. The molecular weight excluding hydrogens is 318 g/mol. The molecule has 1 saturated heterocycles. The normalized spacial score (nSPS) is 17.9. The van der Waals surface area contributed by atoms with Crippen LogP contribution >= 0.6 is 0 Å². The van der Waals surface area contributed by atoms with Gasteiger partial charge in [0.25, 0.3) is 0 Å². The van der Waals surface area contributed by atoms with E-state index in [0.29, 0.717) is 22.6 Å². The fourth-order valence-corrected chi connectivity index (χ4v) is 3.31. The number of carbonyl (C=O) groups excluding carboxylic acids is 1. The first-order valence-electron chi connectivity index (χ1n) is 8.34. The molecule has 0 radical (unpaired) electrons. The summed E-state index contributed by atoms with van der Waals surface area (Å²) in [4.78, 5) is 23.2. The van der Waals surface area contributed by atoms with Crippen molar-refractivity contribution in [2.45, 2.75) is 18.9 Å². The molecule has 0 saturated carbocycles. The van der Waals surface area contributed by atoms with E-state index in [2.05, 4.69) is 14.9 Å². The number of likely N-dealkylation sites (tertiary alicyclic amines) is 1. The Balaban J connectivity index is 1.54. The summed E-state index contributed by atoms with van der Waals surface area (Å²) in [5, 5.41) is 0. The van der Waals surface area contributed by atoms with Gasteiger partial charge in [0.15, 0.2) is 11.5 Å². The van der Waals surface area contributed by atoms with Crippen LogP contribution in [0.1, 0.15) is 34.3 Å². The highest BCUT2D eigenvalue weighted by atomic mass is 16.5. The van der Waals surface area contributed by atoms with Gasteiger partial charge in [0.2, 0.25) is 0 Å². The van der Waals surface area contributed by atoms with Gasteiger partial charge in [-0.05, 0) is 37.2 Å². The number of hydrogen-bond donors (Lipinski definition) is 0. The number of fused-ring (bicyclic) bond motifs is 1. The summed E-state index contributed by atoms with van der Waals surface area (Å²) in [6.45, 7) is 2.67. The van der Waals surface area contributed by atoms with Crippen LogP contribution in [-0.4, -0.2) is 41.0 Å².